The molecule has 0 amide bonds. The van der Waals surface area contributed by atoms with Gasteiger partial charge in [0.1, 0.15) is 0 Å². The van der Waals surface area contributed by atoms with Crippen LogP contribution in [-0.2, 0) is 9.57 Å². The molecule has 0 bridgehead atoms. The molecule has 2 unspecified atom stereocenters. The third-order valence-electron chi connectivity index (χ3n) is 3.32. The maximum atomic E-state index is 5.45. The fourth-order valence-electron chi connectivity index (χ4n) is 2.49. The Bertz CT molecular complexity index is 325. The van der Waals surface area contributed by atoms with E-state index in [4.69, 9.17) is 9.57 Å². The summed E-state index contributed by atoms with van der Waals surface area (Å²) in [6.07, 6.45) is 4.35. The van der Waals surface area contributed by atoms with E-state index in [0.717, 1.165) is 38.2 Å². The zero-order valence-electron chi connectivity index (χ0n) is 8.98. The SMILES string of the molecule is CN1CCC=C(C2=NOC3OCCC23)C1. The summed E-state index contributed by atoms with van der Waals surface area (Å²) in [4.78, 5) is 7.60. The first-order valence-corrected chi connectivity index (χ1v) is 5.58. The lowest BCUT2D eigenvalue weighted by molar-refractivity contribution is -0.106. The first kappa shape index (κ1) is 9.36. The monoisotopic (exact) mass is 208 g/mol. The highest BCUT2D eigenvalue weighted by molar-refractivity contribution is 6.03. The molecular formula is C11H16N2O2. The predicted octanol–water partition coefficient (Wildman–Crippen LogP) is 0.997. The predicted molar refractivity (Wildman–Crippen MR) is 56.6 cm³/mol. The molecule has 3 aliphatic heterocycles. The second-order valence-corrected chi connectivity index (χ2v) is 4.47. The Labute approximate surface area is 89.5 Å². The van der Waals surface area contributed by atoms with Crippen LogP contribution in [0.5, 0.6) is 0 Å². The average Bonchev–Trinajstić information content (AvgIpc) is 2.77. The van der Waals surface area contributed by atoms with Gasteiger partial charge in [0.05, 0.1) is 18.2 Å². The second kappa shape index (κ2) is 3.61. The Balaban J connectivity index is 1.79. The smallest absolute Gasteiger partial charge is 0.235 e. The molecule has 0 saturated carbocycles. The van der Waals surface area contributed by atoms with Gasteiger partial charge in [0.25, 0.3) is 0 Å². The van der Waals surface area contributed by atoms with E-state index in [9.17, 15) is 0 Å². The molecule has 4 heteroatoms. The number of likely N-dealkylation sites (N-methyl/N-ethyl adjacent to an activating group) is 1. The molecule has 0 spiro atoms. The van der Waals surface area contributed by atoms with E-state index in [0.29, 0.717) is 5.92 Å². The standard InChI is InChI=1S/C11H16N2O2/c1-13-5-2-3-8(7-13)10-9-4-6-14-11(9)15-12-10/h3,9,11H,2,4-7H2,1H3. The first-order chi connectivity index (χ1) is 7.34. The minimum atomic E-state index is -0.104. The molecule has 1 saturated heterocycles. The number of hydrogen-bond acceptors (Lipinski definition) is 4. The van der Waals surface area contributed by atoms with E-state index in [1.807, 2.05) is 0 Å². The Hall–Kier alpha value is -0.870. The van der Waals surface area contributed by atoms with Crippen molar-refractivity contribution < 1.29 is 9.57 Å². The van der Waals surface area contributed by atoms with Gasteiger partial charge in [-0.05, 0) is 25.5 Å². The highest BCUT2D eigenvalue weighted by Gasteiger charge is 2.40. The van der Waals surface area contributed by atoms with E-state index in [-0.39, 0.29) is 6.29 Å². The molecule has 0 aromatic heterocycles. The van der Waals surface area contributed by atoms with Gasteiger partial charge in [-0.25, -0.2) is 0 Å². The third-order valence-corrected chi connectivity index (χ3v) is 3.32. The topological polar surface area (TPSA) is 34.1 Å². The highest BCUT2D eigenvalue weighted by atomic mass is 16.8. The Kier molecular flexibility index (Phi) is 2.25. The second-order valence-electron chi connectivity index (χ2n) is 4.47. The lowest BCUT2D eigenvalue weighted by atomic mass is 9.93. The van der Waals surface area contributed by atoms with Crippen LogP contribution in [0.15, 0.2) is 16.8 Å². The Morgan fingerprint density at radius 1 is 1.53 bits per heavy atom. The zero-order chi connectivity index (χ0) is 10.3. The molecule has 2 atom stereocenters. The largest absolute Gasteiger partial charge is 0.363 e. The fraction of sp³-hybridized carbons (Fsp3) is 0.727. The Morgan fingerprint density at radius 3 is 3.33 bits per heavy atom. The van der Waals surface area contributed by atoms with Crippen molar-refractivity contribution in [3.8, 4) is 0 Å². The molecule has 3 rings (SSSR count). The third kappa shape index (κ3) is 1.58. The zero-order valence-corrected chi connectivity index (χ0v) is 8.98. The highest BCUT2D eigenvalue weighted by Crippen LogP contribution is 2.32. The number of oxime groups is 1. The normalized spacial score (nSPS) is 35.8. The summed E-state index contributed by atoms with van der Waals surface area (Å²) in [6.45, 7) is 2.94. The quantitative estimate of drug-likeness (QED) is 0.644. The molecule has 1 fully saturated rings. The minimum Gasteiger partial charge on any atom is -0.363 e. The Morgan fingerprint density at radius 2 is 2.47 bits per heavy atom. The lowest BCUT2D eigenvalue weighted by Crippen LogP contribution is -2.31. The molecule has 3 heterocycles. The summed E-state index contributed by atoms with van der Waals surface area (Å²) >= 11 is 0. The van der Waals surface area contributed by atoms with Crippen LogP contribution in [-0.4, -0.2) is 43.6 Å². The molecule has 0 N–H and O–H groups in total. The van der Waals surface area contributed by atoms with Crippen molar-refractivity contribution in [3.05, 3.63) is 11.6 Å². The molecular weight excluding hydrogens is 192 g/mol. The van der Waals surface area contributed by atoms with Crippen molar-refractivity contribution in [1.82, 2.24) is 4.90 Å². The van der Waals surface area contributed by atoms with Gasteiger partial charge < -0.3 is 14.5 Å². The van der Waals surface area contributed by atoms with Crippen molar-refractivity contribution in [3.63, 3.8) is 0 Å². The average molecular weight is 208 g/mol. The number of ether oxygens (including phenoxy) is 1. The van der Waals surface area contributed by atoms with Gasteiger partial charge in [0, 0.05) is 13.1 Å². The molecule has 0 aliphatic carbocycles. The number of fused-ring (bicyclic) bond motifs is 1. The summed E-state index contributed by atoms with van der Waals surface area (Å²) in [6, 6.07) is 0. The molecule has 0 aromatic carbocycles. The number of nitrogens with zero attached hydrogens (tertiary/aromatic N) is 2. The van der Waals surface area contributed by atoms with Gasteiger partial charge in [0.15, 0.2) is 0 Å². The lowest BCUT2D eigenvalue weighted by Gasteiger charge is -2.23. The van der Waals surface area contributed by atoms with Crippen molar-refractivity contribution in [1.29, 1.82) is 0 Å². The van der Waals surface area contributed by atoms with Crippen LogP contribution >= 0.6 is 0 Å². The van der Waals surface area contributed by atoms with Crippen molar-refractivity contribution >= 4 is 5.71 Å². The van der Waals surface area contributed by atoms with Crippen LogP contribution in [0.4, 0.5) is 0 Å². The van der Waals surface area contributed by atoms with Gasteiger partial charge >= 0.3 is 0 Å². The van der Waals surface area contributed by atoms with Crippen LogP contribution in [0.3, 0.4) is 0 Å². The molecule has 0 aromatic rings. The molecule has 15 heavy (non-hydrogen) atoms. The summed E-state index contributed by atoms with van der Waals surface area (Å²) in [5, 5.41) is 4.18. The minimum absolute atomic E-state index is 0.104. The van der Waals surface area contributed by atoms with Crippen LogP contribution in [0.25, 0.3) is 0 Å². The molecule has 3 aliphatic rings. The van der Waals surface area contributed by atoms with Gasteiger partial charge in [-0.3, -0.25) is 0 Å². The van der Waals surface area contributed by atoms with Gasteiger partial charge in [0.2, 0.25) is 6.29 Å². The van der Waals surface area contributed by atoms with E-state index in [1.54, 1.807) is 0 Å². The van der Waals surface area contributed by atoms with Gasteiger partial charge in [-0.15, -0.1) is 0 Å². The summed E-state index contributed by atoms with van der Waals surface area (Å²) < 4.78 is 5.45. The molecule has 82 valence electrons. The van der Waals surface area contributed by atoms with Gasteiger partial charge in [-0.2, -0.15) is 0 Å². The van der Waals surface area contributed by atoms with E-state index in [1.165, 1.54) is 5.57 Å². The van der Waals surface area contributed by atoms with Crippen molar-refractivity contribution in [2.45, 2.75) is 19.1 Å². The van der Waals surface area contributed by atoms with Crippen LogP contribution in [0.2, 0.25) is 0 Å². The number of hydrogen-bond donors (Lipinski definition) is 0. The van der Waals surface area contributed by atoms with Crippen molar-refractivity contribution in [2.24, 2.45) is 11.1 Å². The maximum Gasteiger partial charge on any atom is 0.235 e. The van der Waals surface area contributed by atoms with E-state index >= 15 is 0 Å². The molecule has 4 nitrogen and oxygen atoms in total. The molecule has 0 radical (unpaired) electrons. The van der Waals surface area contributed by atoms with E-state index < -0.39 is 0 Å². The van der Waals surface area contributed by atoms with Crippen LogP contribution < -0.4 is 0 Å². The van der Waals surface area contributed by atoms with Crippen LogP contribution in [0, 0.1) is 5.92 Å². The van der Waals surface area contributed by atoms with Crippen molar-refractivity contribution in [2.75, 3.05) is 26.7 Å². The number of rotatable bonds is 1. The first-order valence-electron chi connectivity index (χ1n) is 5.58. The van der Waals surface area contributed by atoms with Gasteiger partial charge in [-0.1, -0.05) is 11.2 Å². The maximum absolute atomic E-state index is 5.45. The summed E-state index contributed by atoms with van der Waals surface area (Å²) in [5.41, 5.74) is 2.46. The summed E-state index contributed by atoms with van der Waals surface area (Å²) in [5.74, 6) is 0.378. The summed E-state index contributed by atoms with van der Waals surface area (Å²) in [7, 11) is 2.14. The van der Waals surface area contributed by atoms with E-state index in [2.05, 4.69) is 23.2 Å². The fourth-order valence-corrected chi connectivity index (χ4v) is 2.49. The van der Waals surface area contributed by atoms with Crippen LogP contribution in [0.1, 0.15) is 12.8 Å².